The molecule has 112 valence electrons. The Hall–Kier alpha value is -2.22. The van der Waals surface area contributed by atoms with Gasteiger partial charge in [0.1, 0.15) is 11.6 Å². The Morgan fingerprint density at radius 1 is 0.773 bits per heavy atom. The minimum atomic E-state index is -0.509. The molecule has 2 aromatic carbocycles. The zero-order valence-electron chi connectivity index (χ0n) is 13.1. The SMILES string of the molecule is Cc1cccc(C2(c3cccc(C)c3)CC(=O)CC(=O)C2)c1. The number of hydrogen-bond acceptors (Lipinski definition) is 2. The topological polar surface area (TPSA) is 34.1 Å². The van der Waals surface area contributed by atoms with Crippen LogP contribution in [0.5, 0.6) is 0 Å². The standard InChI is InChI=1S/C20H20O2/c1-14-5-3-7-16(9-14)20(12-18(21)11-19(22)13-20)17-8-4-6-15(2)10-17/h3-10H,11-13H2,1-2H3. The average molecular weight is 292 g/mol. The second kappa shape index (κ2) is 5.53. The first-order chi connectivity index (χ1) is 10.5. The summed E-state index contributed by atoms with van der Waals surface area (Å²) in [6, 6.07) is 16.4. The first kappa shape index (κ1) is 14.7. The van der Waals surface area contributed by atoms with Gasteiger partial charge in [0.05, 0.1) is 6.42 Å². The van der Waals surface area contributed by atoms with E-state index >= 15 is 0 Å². The molecule has 0 radical (unpaired) electrons. The van der Waals surface area contributed by atoms with Crippen molar-refractivity contribution in [2.24, 2.45) is 0 Å². The van der Waals surface area contributed by atoms with Crippen LogP contribution in [-0.4, -0.2) is 11.6 Å². The van der Waals surface area contributed by atoms with E-state index in [-0.39, 0.29) is 18.0 Å². The molecular formula is C20H20O2. The molecule has 1 aliphatic rings. The smallest absolute Gasteiger partial charge is 0.141 e. The second-order valence-electron chi connectivity index (χ2n) is 6.43. The van der Waals surface area contributed by atoms with Gasteiger partial charge in [-0.25, -0.2) is 0 Å². The normalized spacial score (nSPS) is 17.5. The van der Waals surface area contributed by atoms with Gasteiger partial charge in [-0.3, -0.25) is 9.59 Å². The van der Waals surface area contributed by atoms with Gasteiger partial charge in [0.2, 0.25) is 0 Å². The maximum atomic E-state index is 12.2. The highest BCUT2D eigenvalue weighted by Crippen LogP contribution is 2.43. The summed E-state index contributed by atoms with van der Waals surface area (Å²) < 4.78 is 0. The van der Waals surface area contributed by atoms with Gasteiger partial charge in [0, 0.05) is 18.3 Å². The highest BCUT2D eigenvalue weighted by Gasteiger charge is 2.42. The molecule has 3 rings (SSSR count). The quantitative estimate of drug-likeness (QED) is 0.786. The van der Waals surface area contributed by atoms with Crippen LogP contribution in [0.1, 0.15) is 41.5 Å². The van der Waals surface area contributed by atoms with Crippen LogP contribution in [0.25, 0.3) is 0 Å². The minimum absolute atomic E-state index is 0.0410. The first-order valence-corrected chi connectivity index (χ1v) is 7.67. The molecule has 0 aromatic heterocycles. The number of benzene rings is 2. The first-order valence-electron chi connectivity index (χ1n) is 7.67. The van der Waals surface area contributed by atoms with Crippen molar-refractivity contribution in [3.63, 3.8) is 0 Å². The number of ketones is 2. The van der Waals surface area contributed by atoms with Gasteiger partial charge in [-0.15, -0.1) is 0 Å². The zero-order valence-corrected chi connectivity index (χ0v) is 13.1. The third-order valence-corrected chi connectivity index (χ3v) is 4.53. The third-order valence-electron chi connectivity index (χ3n) is 4.53. The van der Waals surface area contributed by atoms with E-state index in [1.165, 1.54) is 0 Å². The fraction of sp³-hybridized carbons (Fsp3) is 0.300. The van der Waals surface area contributed by atoms with Crippen LogP contribution < -0.4 is 0 Å². The molecule has 22 heavy (non-hydrogen) atoms. The van der Waals surface area contributed by atoms with E-state index in [9.17, 15) is 9.59 Å². The van der Waals surface area contributed by atoms with Crippen molar-refractivity contribution < 1.29 is 9.59 Å². The van der Waals surface area contributed by atoms with Crippen LogP contribution in [0, 0.1) is 13.8 Å². The van der Waals surface area contributed by atoms with Gasteiger partial charge in [-0.05, 0) is 25.0 Å². The monoisotopic (exact) mass is 292 g/mol. The van der Waals surface area contributed by atoms with Gasteiger partial charge < -0.3 is 0 Å². The van der Waals surface area contributed by atoms with Crippen molar-refractivity contribution in [1.82, 2.24) is 0 Å². The van der Waals surface area contributed by atoms with Gasteiger partial charge in [0.15, 0.2) is 0 Å². The Morgan fingerprint density at radius 2 is 1.23 bits per heavy atom. The van der Waals surface area contributed by atoms with E-state index < -0.39 is 5.41 Å². The molecular weight excluding hydrogens is 272 g/mol. The Morgan fingerprint density at radius 3 is 1.64 bits per heavy atom. The molecule has 0 N–H and O–H groups in total. The maximum absolute atomic E-state index is 12.2. The molecule has 1 saturated carbocycles. The number of carbonyl (C=O) groups excluding carboxylic acids is 2. The molecule has 2 nitrogen and oxygen atoms in total. The molecule has 0 spiro atoms. The van der Waals surface area contributed by atoms with Crippen molar-refractivity contribution in [2.45, 2.75) is 38.5 Å². The minimum Gasteiger partial charge on any atom is -0.299 e. The Labute approximate surface area is 131 Å². The average Bonchev–Trinajstić information content (AvgIpc) is 2.46. The lowest BCUT2D eigenvalue weighted by Gasteiger charge is -2.37. The lowest BCUT2D eigenvalue weighted by molar-refractivity contribution is -0.131. The molecule has 0 heterocycles. The molecule has 2 heteroatoms. The summed E-state index contributed by atoms with van der Waals surface area (Å²) in [5.41, 5.74) is 3.92. The lowest BCUT2D eigenvalue weighted by atomic mass is 9.64. The number of carbonyl (C=O) groups is 2. The van der Waals surface area contributed by atoms with Gasteiger partial charge in [-0.1, -0.05) is 59.7 Å². The summed E-state index contributed by atoms with van der Waals surface area (Å²) in [5, 5.41) is 0. The van der Waals surface area contributed by atoms with E-state index in [0.29, 0.717) is 12.8 Å². The summed E-state index contributed by atoms with van der Waals surface area (Å²) in [4.78, 5) is 24.4. The largest absolute Gasteiger partial charge is 0.299 e. The molecule has 1 aliphatic carbocycles. The molecule has 0 bridgehead atoms. The van der Waals surface area contributed by atoms with Crippen molar-refractivity contribution in [2.75, 3.05) is 0 Å². The summed E-state index contributed by atoms with van der Waals surface area (Å²) in [6.07, 6.45) is 0.899. The Balaban J connectivity index is 2.22. The van der Waals surface area contributed by atoms with Crippen molar-refractivity contribution in [1.29, 1.82) is 0 Å². The van der Waals surface area contributed by atoms with Crippen molar-refractivity contribution >= 4 is 11.6 Å². The third kappa shape index (κ3) is 2.61. The molecule has 2 aromatic rings. The Kier molecular flexibility index (Phi) is 3.69. The molecule has 0 unspecified atom stereocenters. The van der Waals surface area contributed by atoms with Crippen LogP contribution in [-0.2, 0) is 15.0 Å². The van der Waals surface area contributed by atoms with Gasteiger partial charge in [-0.2, -0.15) is 0 Å². The van der Waals surface area contributed by atoms with Crippen LogP contribution in [0.3, 0.4) is 0 Å². The van der Waals surface area contributed by atoms with Gasteiger partial charge in [0.25, 0.3) is 0 Å². The van der Waals surface area contributed by atoms with E-state index in [2.05, 4.69) is 12.1 Å². The van der Waals surface area contributed by atoms with Crippen LogP contribution in [0.2, 0.25) is 0 Å². The summed E-state index contributed by atoms with van der Waals surface area (Å²) in [5.74, 6) is 0.0820. The molecule has 0 atom stereocenters. The fourth-order valence-electron chi connectivity index (χ4n) is 3.54. The molecule has 0 amide bonds. The van der Waals surface area contributed by atoms with Crippen molar-refractivity contribution in [3.05, 3.63) is 70.8 Å². The van der Waals surface area contributed by atoms with Crippen LogP contribution >= 0.6 is 0 Å². The number of aryl methyl sites for hydroxylation is 2. The van der Waals surface area contributed by atoms with E-state index in [4.69, 9.17) is 0 Å². The summed E-state index contributed by atoms with van der Waals surface area (Å²) >= 11 is 0. The lowest BCUT2D eigenvalue weighted by Crippen LogP contribution is -2.38. The number of hydrogen-bond donors (Lipinski definition) is 0. The maximum Gasteiger partial charge on any atom is 0.141 e. The zero-order chi connectivity index (χ0) is 15.7. The number of Topliss-reactive ketones (excluding diaryl/α,β-unsaturated/α-hetero) is 2. The predicted molar refractivity (Wildman–Crippen MR) is 87.0 cm³/mol. The molecule has 0 aliphatic heterocycles. The fourth-order valence-corrected chi connectivity index (χ4v) is 3.54. The molecule has 0 saturated heterocycles. The van der Waals surface area contributed by atoms with Crippen molar-refractivity contribution in [3.8, 4) is 0 Å². The van der Waals surface area contributed by atoms with E-state index in [0.717, 1.165) is 22.3 Å². The summed E-state index contributed by atoms with van der Waals surface area (Å²) in [6.45, 7) is 4.08. The predicted octanol–water partition coefficient (Wildman–Crippen LogP) is 3.91. The Bertz CT molecular complexity index is 679. The van der Waals surface area contributed by atoms with Gasteiger partial charge >= 0.3 is 0 Å². The van der Waals surface area contributed by atoms with E-state index in [1.807, 2.05) is 50.2 Å². The molecule has 1 fully saturated rings. The van der Waals surface area contributed by atoms with E-state index in [1.54, 1.807) is 0 Å². The van der Waals surface area contributed by atoms with Crippen LogP contribution in [0.15, 0.2) is 48.5 Å². The second-order valence-corrected chi connectivity index (χ2v) is 6.43. The highest BCUT2D eigenvalue weighted by atomic mass is 16.1. The summed E-state index contributed by atoms with van der Waals surface area (Å²) in [7, 11) is 0. The number of rotatable bonds is 2. The van der Waals surface area contributed by atoms with Crippen LogP contribution in [0.4, 0.5) is 0 Å². The highest BCUT2D eigenvalue weighted by molar-refractivity contribution is 6.03.